The third-order valence-electron chi connectivity index (χ3n) is 6.01. The molecule has 0 amide bonds. The van der Waals surface area contributed by atoms with E-state index in [9.17, 15) is 0 Å². The Bertz CT molecular complexity index is 859. The Kier molecular flexibility index (Phi) is 8.58. The summed E-state index contributed by atoms with van der Waals surface area (Å²) in [5, 5.41) is 1.32. The summed E-state index contributed by atoms with van der Waals surface area (Å²) < 4.78 is 5.88. The molecule has 1 unspecified atom stereocenters. The van der Waals surface area contributed by atoms with Crippen molar-refractivity contribution in [1.29, 1.82) is 0 Å². The smallest absolute Gasteiger partial charge is 0.125 e. The first-order chi connectivity index (χ1) is 14.0. The van der Waals surface area contributed by atoms with Gasteiger partial charge in [-0.1, -0.05) is 53.7 Å². The molecule has 0 spiro atoms. The first kappa shape index (κ1) is 24.9. The van der Waals surface area contributed by atoms with Crippen LogP contribution in [0, 0.1) is 38.5 Å². The zero-order chi connectivity index (χ0) is 22.7. The maximum Gasteiger partial charge on any atom is 0.125 e. The van der Waals surface area contributed by atoms with E-state index in [1.165, 1.54) is 49.8 Å². The van der Waals surface area contributed by atoms with E-state index in [0.717, 1.165) is 25.0 Å². The molecule has 0 aliphatic carbocycles. The summed E-state index contributed by atoms with van der Waals surface area (Å²) in [5.74, 6) is 2.93. The molecule has 0 heterocycles. The van der Waals surface area contributed by atoms with Gasteiger partial charge in [0.05, 0.1) is 7.11 Å². The van der Waals surface area contributed by atoms with Gasteiger partial charge in [0.15, 0.2) is 0 Å². The molecule has 0 radical (unpaired) electrons. The van der Waals surface area contributed by atoms with Crippen LogP contribution in [0.25, 0.3) is 11.1 Å². The number of ether oxygens (including phenoxy) is 1. The fraction of sp³-hybridized carbons (Fsp3) is 0.571. The van der Waals surface area contributed by atoms with Gasteiger partial charge >= 0.3 is 0 Å². The quantitative estimate of drug-likeness (QED) is 0.400. The molecule has 2 aromatic carbocycles. The van der Waals surface area contributed by atoms with Gasteiger partial charge in [-0.05, 0) is 108 Å². The van der Waals surface area contributed by atoms with Crippen molar-refractivity contribution in [2.24, 2.45) is 17.8 Å². The lowest BCUT2D eigenvalue weighted by Gasteiger charge is -2.26. The third-order valence-corrected chi connectivity index (χ3v) is 6.73. The summed E-state index contributed by atoms with van der Waals surface area (Å²) in [6, 6.07) is 4.98. The van der Waals surface area contributed by atoms with Crippen LogP contribution in [0.2, 0.25) is 0 Å². The standard InChI is InChI=1S/C28H43OP/c1-16(2)11-22-14-23(12-17(3)4)26(24(15-22)13-18(5)6)25-21(9)27(29-10)19(7)20(8)28(25)30/h14-18H,11-13,30H2,1-10H3. The van der Waals surface area contributed by atoms with Crippen LogP contribution in [0.4, 0.5) is 0 Å². The molecule has 0 saturated carbocycles. The predicted molar refractivity (Wildman–Crippen MR) is 138 cm³/mol. The van der Waals surface area contributed by atoms with Crippen molar-refractivity contribution < 1.29 is 4.74 Å². The zero-order valence-electron chi connectivity index (χ0n) is 21.0. The lowest BCUT2D eigenvalue weighted by atomic mass is 9.82. The molecule has 166 valence electrons. The number of hydrogen-bond acceptors (Lipinski definition) is 1. The molecule has 1 nitrogen and oxygen atoms in total. The SMILES string of the molecule is COc1c(C)c(C)c(P)c(-c2c(CC(C)C)cc(CC(C)C)cc2CC(C)C)c1C. The van der Waals surface area contributed by atoms with Crippen LogP contribution >= 0.6 is 9.24 Å². The molecule has 0 aliphatic heterocycles. The van der Waals surface area contributed by atoms with E-state index in [-0.39, 0.29) is 0 Å². The van der Waals surface area contributed by atoms with Crippen molar-refractivity contribution in [1.82, 2.24) is 0 Å². The Hall–Kier alpha value is -1.33. The third kappa shape index (κ3) is 5.47. The maximum absolute atomic E-state index is 5.88. The molecule has 0 aromatic heterocycles. The van der Waals surface area contributed by atoms with Gasteiger partial charge < -0.3 is 4.74 Å². The molecule has 2 rings (SSSR count). The highest BCUT2D eigenvalue weighted by Gasteiger charge is 2.23. The maximum atomic E-state index is 5.88. The van der Waals surface area contributed by atoms with E-state index < -0.39 is 0 Å². The van der Waals surface area contributed by atoms with Gasteiger partial charge in [0.2, 0.25) is 0 Å². The Morgan fingerprint density at radius 3 is 1.57 bits per heavy atom. The average molecular weight is 427 g/mol. The Balaban J connectivity index is 2.94. The first-order valence-corrected chi connectivity index (χ1v) is 12.1. The van der Waals surface area contributed by atoms with Gasteiger partial charge in [-0.25, -0.2) is 0 Å². The van der Waals surface area contributed by atoms with E-state index in [2.05, 4.69) is 83.7 Å². The Labute approximate surface area is 188 Å². The first-order valence-electron chi connectivity index (χ1n) is 11.6. The highest BCUT2D eigenvalue weighted by Crippen LogP contribution is 2.40. The van der Waals surface area contributed by atoms with E-state index in [4.69, 9.17) is 4.74 Å². The fourth-order valence-corrected chi connectivity index (χ4v) is 5.31. The molecule has 2 aromatic rings. The summed E-state index contributed by atoms with van der Waals surface area (Å²) in [5.41, 5.74) is 11.1. The van der Waals surface area contributed by atoms with Crippen molar-refractivity contribution in [3.63, 3.8) is 0 Å². The van der Waals surface area contributed by atoms with Crippen molar-refractivity contribution in [3.05, 3.63) is 45.5 Å². The van der Waals surface area contributed by atoms with Crippen molar-refractivity contribution in [2.45, 2.75) is 81.6 Å². The van der Waals surface area contributed by atoms with Gasteiger partial charge in [-0.2, -0.15) is 0 Å². The molecule has 0 aliphatic rings. The van der Waals surface area contributed by atoms with E-state index >= 15 is 0 Å². The number of benzene rings is 2. The normalized spacial score (nSPS) is 11.8. The average Bonchev–Trinajstić information content (AvgIpc) is 2.61. The molecule has 0 saturated heterocycles. The summed E-state index contributed by atoms with van der Waals surface area (Å²) >= 11 is 0. The molecule has 2 heteroatoms. The van der Waals surface area contributed by atoms with Gasteiger partial charge in [-0.3, -0.25) is 0 Å². The number of hydrogen-bond donors (Lipinski definition) is 0. The molecule has 30 heavy (non-hydrogen) atoms. The lowest BCUT2D eigenvalue weighted by molar-refractivity contribution is 0.408. The monoisotopic (exact) mass is 426 g/mol. The van der Waals surface area contributed by atoms with Crippen LogP contribution in [0.15, 0.2) is 12.1 Å². The highest BCUT2D eigenvalue weighted by molar-refractivity contribution is 7.28. The number of methoxy groups -OCH3 is 1. The minimum Gasteiger partial charge on any atom is -0.496 e. The topological polar surface area (TPSA) is 9.23 Å². The molecule has 0 N–H and O–H groups in total. The molecular weight excluding hydrogens is 383 g/mol. The van der Waals surface area contributed by atoms with Crippen LogP contribution in [-0.4, -0.2) is 7.11 Å². The van der Waals surface area contributed by atoms with Gasteiger partial charge in [0.1, 0.15) is 5.75 Å². The molecule has 0 bridgehead atoms. The second-order valence-electron chi connectivity index (χ2n) is 10.3. The Morgan fingerprint density at radius 2 is 1.17 bits per heavy atom. The second kappa shape index (κ2) is 10.3. The summed E-state index contributed by atoms with van der Waals surface area (Å²) in [6.45, 7) is 20.6. The molecule has 1 atom stereocenters. The molecular formula is C28H43OP. The summed E-state index contributed by atoms with van der Waals surface area (Å²) in [4.78, 5) is 0. The highest BCUT2D eigenvalue weighted by atomic mass is 31.0. The largest absolute Gasteiger partial charge is 0.496 e. The zero-order valence-corrected chi connectivity index (χ0v) is 22.1. The van der Waals surface area contributed by atoms with Crippen LogP contribution < -0.4 is 10.0 Å². The predicted octanol–water partition coefficient (Wildman–Crippen LogP) is 7.38. The summed E-state index contributed by atoms with van der Waals surface area (Å²) in [6.07, 6.45) is 3.34. The van der Waals surface area contributed by atoms with Gasteiger partial charge in [0.25, 0.3) is 0 Å². The van der Waals surface area contributed by atoms with Gasteiger partial charge in [0, 0.05) is 0 Å². The second-order valence-corrected chi connectivity index (χ2v) is 10.9. The van der Waals surface area contributed by atoms with Crippen LogP contribution in [-0.2, 0) is 19.3 Å². The number of rotatable bonds is 8. The van der Waals surface area contributed by atoms with Crippen LogP contribution in [0.5, 0.6) is 5.75 Å². The fourth-order valence-electron chi connectivity index (χ4n) is 4.74. The van der Waals surface area contributed by atoms with E-state index in [0.29, 0.717) is 17.8 Å². The van der Waals surface area contributed by atoms with E-state index in [1.807, 2.05) is 0 Å². The van der Waals surface area contributed by atoms with Crippen molar-refractivity contribution >= 4 is 14.5 Å². The van der Waals surface area contributed by atoms with E-state index in [1.54, 1.807) is 7.11 Å². The minimum absolute atomic E-state index is 0.617. The summed E-state index contributed by atoms with van der Waals surface area (Å²) in [7, 11) is 4.85. The van der Waals surface area contributed by atoms with Crippen molar-refractivity contribution in [2.75, 3.05) is 7.11 Å². The Morgan fingerprint density at radius 1 is 0.700 bits per heavy atom. The van der Waals surface area contributed by atoms with Crippen molar-refractivity contribution in [3.8, 4) is 16.9 Å². The van der Waals surface area contributed by atoms with Crippen LogP contribution in [0.1, 0.15) is 74.9 Å². The van der Waals surface area contributed by atoms with Gasteiger partial charge in [-0.15, -0.1) is 9.24 Å². The minimum atomic E-state index is 0.617. The van der Waals surface area contributed by atoms with Crippen LogP contribution in [0.3, 0.4) is 0 Å². The molecule has 0 fully saturated rings. The lowest BCUT2D eigenvalue weighted by Crippen LogP contribution is -2.14.